The monoisotopic (exact) mass is 253 g/mol. The number of nitrogens with two attached hydrogens (primary N) is 1. The van der Waals surface area contributed by atoms with Crippen LogP contribution in [0.4, 0.5) is 5.69 Å². The molecule has 0 atom stereocenters. The first-order valence-electron chi connectivity index (χ1n) is 5.19. The van der Waals surface area contributed by atoms with Crippen molar-refractivity contribution in [1.82, 2.24) is 15.0 Å². The van der Waals surface area contributed by atoms with E-state index in [0.717, 1.165) is 11.0 Å². The van der Waals surface area contributed by atoms with Gasteiger partial charge in [0.25, 0.3) is 0 Å². The number of nitriles is 1. The Morgan fingerprint density at radius 2 is 1.89 bits per heavy atom. The van der Waals surface area contributed by atoms with Gasteiger partial charge in [0.2, 0.25) is 0 Å². The second-order valence-electron chi connectivity index (χ2n) is 3.76. The molecule has 0 spiro atoms. The third-order valence-electron chi connectivity index (χ3n) is 2.67. The number of rotatable bonds is 0. The minimum absolute atomic E-state index is 0.238. The van der Waals surface area contributed by atoms with E-state index in [1.54, 1.807) is 0 Å². The molecule has 0 aliphatic heterocycles. The average molecular weight is 253 g/mol. The SMILES string of the molecule is N#Cc1c(N)c2nc3ccccc3nc2[nH]c1=S. The van der Waals surface area contributed by atoms with Crippen LogP contribution >= 0.6 is 12.2 Å². The van der Waals surface area contributed by atoms with E-state index in [1.165, 1.54) is 0 Å². The lowest BCUT2D eigenvalue weighted by atomic mass is 10.2. The van der Waals surface area contributed by atoms with Gasteiger partial charge in [0, 0.05) is 0 Å². The molecule has 0 aliphatic rings. The lowest BCUT2D eigenvalue weighted by Crippen LogP contribution is -2.00. The standard InChI is InChI=1S/C12H7N5S/c13-5-6-9(14)10-11(17-12(6)18)16-8-4-2-1-3-7(8)15-10/h1-4H,(H3,14,16,17,18). The summed E-state index contributed by atoms with van der Waals surface area (Å²) in [4.78, 5) is 11.7. The van der Waals surface area contributed by atoms with Gasteiger partial charge in [-0.1, -0.05) is 24.4 Å². The van der Waals surface area contributed by atoms with Crippen molar-refractivity contribution >= 4 is 40.1 Å². The number of hydrogen-bond acceptors (Lipinski definition) is 5. The van der Waals surface area contributed by atoms with E-state index in [2.05, 4.69) is 15.0 Å². The molecule has 0 saturated heterocycles. The fourth-order valence-corrected chi connectivity index (χ4v) is 2.05. The number of anilines is 1. The average Bonchev–Trinajstić information content (AvgIpc) is 2.37. The van der Waals surface area contributed by atoms with Gasteiger partial charge in [0.1, 0.15) is 21.8 Å². The Morgan fingerprint density at radius 3 is 2.56 bits per heavy atom. The number of aromatic amines is 1. The van der Waals surface area contributed by atoms with Crippen molar-refractivity contribution in [2.45, 2.75) is 0 Å². The number of nitrogen functional groups attached to an aromatic ring is 1. The van der Waals surface area contributed by atoms with Crippen molar-refractivity contribution < 1.29 is 0 Å². The lowest BCUT2D eigenvalue weighted by molar-refractivity contribution is 1.25. The van der Waals surface area contributed by atoms with Crippen LogP contribution < -0.4 is 5.73 Å². The number of hydrogen-bond donors (Lipinski definition) is 2. The Labute approximate surface area is 107 Å². The second kappa shape index (κ2) is 3.75. The Morgan fingerprint density at radius 1 is 1.22 bits per heavy atom. The summed E-state index contributed by atoms with van der Waals surface area (Å²) < 4.78 is 0.284. The molecule has 6 heteroatoms. The molecule has 3 rings (SSSR count). The molecule has 0 fully saturated rings. The molecule has 0 unspecified atom stereocenters. The zero-order valence-electron chi connectivity index (χ0n) is 9.14. The van der Waals surface area contributed by atoms with Crippen molar-refractivity contribution in [2.24, 2.45) is 0 Å². The van der Waals surface area contributed by atoms with E-state index in [9.17, 15) is 0 Å². The van der Waals surface area contributed by atoms with Crippen LogP contribution in [-0.4, -0.2) is 15.0 Å². The van der Waals surface area contributed by atoms with E-state index in [-0.39, 0.29) is 15.9 Å². The van der Waals surface area contributed by atoms with E-state index < -0.39 is 0 Å². The Balaban J connectivity index is 2.56. The van der Waals surface area contributed by atoms with Gasteiger partial charge >= 0.3 is 0 Å². The summed E-state index contributed by atoms with van der Waals surface area (Å²) in [5.41, 5.74) is 8.86. The van der Waals surface area contributed by atoms with Gasteiger partial charge < -0.3 is 10.7 Å². The third kappa shape index (κ3) is 1.42. The molecular weight excluding hydrogens is 246 g/mol. The number of nitrogens with one attached hydrogen (secondary N) is 1. The van der Waals surface area contributed by atoms with Gasteiger partial charge in [-0.3, -0.25) is 0 Å². The van der Waals surface area contributed by atoms with Gasteiger partial charge in [0.05, 0.1) is 16.7 Å². The first-order valence-corrected chi connectivity index (χ1v) is 5.60. The number of nitrogens with zero attached hydrogens (tertiary/aromatic N) is 3. The van der Waals surface area contributed by atoms with E-state index in [0.29, 0.717) is 11.2 Å². The molecule has 2 heterocycles. The van der Waals surface area contributed by atoms with Gasteiger partial charge in [-0.2, -0.15) is 5.26 Å². The molecule has 0 radical (unpaired) electrons. The Kier molecular flexibility index (Phi) is 2.21. The molecule has 1 aromatic carbocycles. The summed E-state index contributed by atoms with van der Waals surface area (Å²) in [7, 11) is 0. The van der Waals surface area contributed by atoms with E-state index in [1.807, 2.05) is 30.3 Å². The van der Waals surface area contributed by atoms with Gasteiger partial charge in [0.15, 0.2) is 5.65 Å². The number of H-pyrrole nitrogens is 1. The molecule has 2 aromatic heterocycles. The van der Waals surface area contributed by atoms with Crippen molar-refractivity contribution in [3.8, 4) is 6.07 Å². The van der Waals surface area contributed by atoms with E-state index in [4.69, 9.17) is 23.2 Å². The van der Waals surface area contributed by atoms with Crippen LogP contribution in [0.1, 0.15) is 5.56 Å². The van der Waals surface area contributed by atoms with Crippen molar-refractivity contribution in [2.75, 3.05) is 5.73 Å². The number of pyridine rings is 1. The largest absolute Gasteiger partial charge is 0.396 e. The molecule has 5 nitrogen and oxygen atoms in total. The number of para-hydroxylation sites is 2. The van der Waals surface area contributed by atoms with Gasteiger partial charge in [-0.15, -0.1) is 0 Å². The molecule has 0 aliphatic carbocycles. The van der Waals surface area contributed by atoms with Crippen LogP contribution in [0, 0.1) is 16.0 Å². The summed E-state index contributed by atoms with van der Waals surface area (Å²) in [5.74, 6) is 0. The maximum Gasteiger partial charge on any atom is 0.159 e. The maximum atomic E-state index is 9.01. The number of aromatic nitrogens is 3. The zero-order valence-corrected chi connectivity index (χ0v) is 9.95. The molecule has 18 heavy (non-hydrogen) atoms. The predicted molar refractivity (Wildman–Crippen MR) is 71.4 cm³/mol. The second-order valence-corrected chi connectivity index (χ2v) is 4.17. The van der Waals surface area contributed by atoms with Crippen molar-refractivity contribution in [1.29, 1.82) is 5.26 Å². The number of benzene rings is 1. The van der Waals surface area contributed by atoms with Crippen molar-refractivity contribution in [3.05, 3.63) is 34.5 Å². The number of fused-ring (bicyclic) bond motifs is 2. The molecule has 0 bridgehead atoms. The Hall–Kier alpha value is -2.52. The first-order chi connectivity index (χ1) is 8.70. The summed E-state index contributed by atoms with van der Waals surface area (Å²) in [6.45, 7) is 0. The third-order valence-corrected chi connectivity index (χ3v) is 2.97. The molecular formula is C12H7N5S. The summed E-state index contributed by atoms with van der Waals surface area (Å²) >= 11 is 5.06. The van der Waals surface area contributed by atoms with Crippen LogP contribution in [0.2, 0.25) is 0 Å². The van der Waals surface area contributed by atoms with Crippen LogP contribution in [-0.2, 0) is 0 Å². The highest BCUT2D eigenvalue weighted by molar-refractivity contribution is 7.71. The molecule has 0 saturated carbocycles. The van der Waals surface area contributed by atoms with Crippen LogP contribution in [0.3, 0.4) is 0 Å². The van der Waals surface area contributed by atoms with Crippen LogP contribution in [0.5, 0.6) is 0 Å². The lowest BCUT2D eigenvalue weighted by Gasteiger charge is -2.05. The summed E-state index contributed by atoms with van der Waals surface area (Å²) in [5, 5.41) is 9.01. The fraction of sp³-hybridized carbons (Fsp3) is 0. The van der Waals surface area contributed by atoms with E-state index >= 15 is 0 Å². The predicted octanol–water partition coefficient (Wildman–Crippen LogP) is 2.29. The highest BCUT2D eigenvalue weighted by atomic mass is 32.1. The Bertz CT molecular complexity index is 875. The smallest absolute Gasteiger partial charge is 0.159 e. The highest BCUT2D eigenvalue weighted by Crippen LogP contribution is 2.22. The van der Waals surface area contributed by atoms with Crippen LogP contribution in [0.25, 0.3) is 22.2 Å². The minimum atomic E-state index is 0.238. The first kappa shape index (κ1) is 10.6. The summed E-state index contributed by atoms with van der Waals surface area (Å²) in [6.07, 6.45) is 0. The summed E-state index contributed by atoms with van der Waals surface area (Å²) in [6, 6.07) is 9.42. The van der Waals surface area contributed by atoms with Gasteiger partial charge in [-0.05, 0) is 12.1 Å². The molecule has 86 valence electrons. The normalized spacial score (nSPS) is 10.6. The zero-order chi connectivity index (χ0) is 12.7. The fourth-order valence-electron chi connectivity index (χ4n) is 1.80. The van der Waals surface area contributed by atoms with Crippen LogP contribution in [0.15, 0.2) is 24.3 Å². The van der Waals surface area contributed by atoms with Crippen molar-refractivity contribution in [3.63, 3.8) is 0 Å². The molecule has 3 N–H and O–H groups in total. The highest BCUT2D eigenvalue weighted by Gasteiger charge is 2.10. The topological polar surface area (TPSA) is 91.4 Å². The quantitative estimate of drug-likeness (QED) is 0.473. The molecule has 3 aromatic rings. The van der Waals surface area contributed by atoms with Gasteiger partial charge in [-0.25, -0.2) is 9.97 Å². The minimum Gasteiger partial charge on any atom is -0.396 e. The molecule has 0 amide bonds. The maximum absolute atomic E-state index is 9.01.